The number of rotatable bonds is 6. The van der Waals surface area contributed by atoms with Crippen LogP contribution in [0.2, 0.25) is 5.02 Å². The first-order valence-corrected chi connectivity index (χ1v) is 7.47. The summed E-state index contributed by atoms with van der Waals surface area (Å²) >= 11 is 6.07. The smallest absolute Gasteiger partial charge is 0.0408 e. The average molecular weight is 289 g/mol. The fourth-order valence-corrected chi connectivity index (χ4v) is 2.52. The van der Waals surface area contributed by atoms with Gasteiger partial charge in [0.2, 0.25) is 0 Å². The molecule has 0 amide bonds. The third kappa shape index (κ3) is 4.32. The molecule has 1 N–H and O–H groups in total. The van der Waals surface area contributed by atoms with E-state index in [0.717, 1.165) is 30.1 Å². The van der Waals surface area contributed by atoms with E-state index >= 15 is 0 Å². The van der Waals surface area contributed by atoms with Gasteiger partial charge in [0, 0.05) is 23.0 Å². The molecule has 0 aliphatic heterocycles. The maximum absolute atomic E-state index is 6.07. The first-order chi connectivity index (χ1) is 9.69. The Balaban J connectivity index is 2.19. The maximum atomic E-state index is 6.07. The molecular weight excluding hydrogens is 268 g/mol. The van der Waals surface area contributed by atoms with Gasteiger partial charge < -0.3 is 5.32 Å². The first-order valence-electron chi connectivity index (χ1n) is 7.09. The molecule has 0 saturated carbocycles. The van der Waals surface area contributed by atoms with E-state index in [2.05, 4.69) is 35.4 Å². The lowest BCUT2D eigenvalue weighted by molar-refractivity contribution is 0.528. The Morgan fingerprint density at radius 2 is 2.10 bits per heavy atom. The third-order valence-corrected chi connectivity index (χ3v) is 3.53. The number of hydrogen-bond donors (Lipinski definition) is 1. The highest BCUT2D eigenvalue weighted by molar-refractivity contribution is 6.30. The zero-order chi connectivity index (χ0) is 14.4. The molecular formula is C17H21ClN2. The Hall–Kier alpha value is -1.38. The van der Waals surface area contributed by atoms with Crippen LogP contribution < -0.4 is 5.32 Å². The molecule has 2 rings (SSSR count). The molecule has 1 aromatic carbocycles. The van der Waals surface area contributed by atoms with Gasteiger partial charge in [-0.1, -0.05) is 30.7 Å². The molecule has 1 atom stereocenters. The zero-order valence-corrected chi connectivity index (χ0v) is 12.8. The van der Waals surface area contributed by atoms with Gasteiger partial charge in [-0.25, -0.2) is 0 Å². The number of nitrogens with one attached hydrogen (secondary N) is 1. The average Bonchev–Trinajstić information content (AvgIpc) is 2.43. The second-order valence-electron chi connectivity index (χ2n) is 5.07. The van der Waals surface area contributed by atoms with Gasteiger partial charge in [0.15, 0.2) is 0 Å². The predicted molar refractivity (Wildman–Crippen MR) is 85.2 cm³/mol. The number of halogens is 1. The molecule has 0 saturated heterocycles. The summed E-state index contributed by atoms with van der Waals surface area (Å²) in [6, 6.07) is 12.6. The molecule has 1 aromatic heterocycles. The van der Waals surface area contributed by atoms with Crippen LogP contribution in [0.4, 0.5) is 0 Å². The van der Waals surface area contributed by atoms with Crippen LogP contribution in [0.25, 0.3) is 0 Å². The van der Waals surface area contributed by atoms with Crippen LogP contribution in [0.3, 0.4) is 0 Å². The fourth-order valence-electron chi connectivity index (χ4n) is 2.31. The molecule has 0 aliphatic rings. The van der Waals surface area contributed by atoms with Crippen LogP contribution in [-0.2, 0) is 6.42 Å². The molecule has 2 nitrogen and oxygen atoms in total. The van der Waals surface area contributed by atoms with Crippen LogP contribution >= 0.6 is 11.6 Å². The summed E-state index contributed by atoms with van der Waals surface area (Å²) in [5, 5.41) is 4.40. The second-order valence-corrected chi connectivity index (χ2v) is 5.51. The highest BCUT2D eigenvalue weighted by atomic mass is 35.5. The van der Waals surface area contributed by atoms with Crippen LogP contribution in [0.15, 0.2) is 42.6 Å². The maximum Gasteiger partial charge on any atom is 0.0408 e. The van der Waals surface area contributed by atoms with E-state index in [1.807, 2.05) is 31.3 Å². The lowest BCUT2D eigenvalue weighted by atomic mass is 9.99. The molecule has 3 heteroatoms. The number of benzene rings is 1. The largest absolute Gasteiger partial charge is 0.310 e. The zero-order valence-electron chi connectivity index (χ0n) is 12.1. The summed E-state index contributed by atoms with van der Waals surface area (Å²) in [6.45, 7) is 5.22. The summed E-state index contributed by atoms with van der Waals surface area (Å²) in [7, 11) is 0. The highest BCUT2D eigenvalue weighted by Gasteiger charge is 2.12. The monoisotopic (exact) mass is 288 g/mol. The topological polar surface area (TPSA) is 24.9 Å². The van der Waals surface area contributed by atoms with Crippen molar-refractivity contribution < 1.29 is 0 Å². The SMILES string of the molecule is CCCNC(Cc1cccc(Cl)c1)c1ccnc(C)c1. The van der Waals surface area contributed by atoms with E-state index in [0.29, 0.717) is 6.04 Å². The molecule has 106 valence electrons. The van der Waals surface area contributed by atoms with Crippen molar-refractivity contribution in [3.63, 3.8) is 0 Å². The molecule has 0 radical (unpaired) electrons. The Morgan fingerprint density at radius 3 is 2.80 bits per heavy atom. The van der Waals surface area contributed by atoms with Gasteiger partial charge in [0.05, 0.1) is 0 Å². The molecule has 0 spiro atoms. The lowest BCUT2D eigenvalue weighted by Gasteiger charge is -2.19. The third-order valence-electron chi connectivity index (χ3n) is 3.29. The standard InChI is InChI=1S/C17H21ClN2/c1-3-8-20-17(15-7-9-19-13(2)10-15)12-14-5-4-6-16(18)11-14/h4-7,9-11,17,20H,3,8,12H2,1-2H3. The minimum Gasteiger partial charge on any atom is -0.310 e. The quantitative estimate of drug-likeness (QED) is 0.856. The summed E-state index contributed by atoms with van der Waals surface area (Å²) in [6.07, 6.45) is 3.93. The van der Waals surface area contributed by atoms with Gasteiger partial charge in [-0.2, -0.15) is 0 Å². The molecule has 0 fully saturated rings. The number of pyridine rings is 1. The Morgan fingerprint density at radius 1 is 1.25 bits per heavy atom. The molecule has 2 aromatic rings. The van der Waals surface area contributed by atoms with Crippen molar-refractivity contribution in [2.75, 3.05) is 6.54 Å². The lowest BCUT2D eigenvalue weighted by Crippen LogP contribution is -2.24. The molecule has 20 heavy (non-hydrogen) atoms. The summed E-state index contributed by atoms with van der Waals surface area (Å²) in [5.41, 5.74) is 3.59. The van der Waals surface area contributed by atoms with Crippen LogP contribution in [-0.4, -0.2) is 11.5 Å². The van der Waals surface area contributed by atoms with E-state index in [1.165, 1.54) is 11.1 Å². The van der Waals surface area contributed by atoms with Crippen molar-refractivity contribution in [2.45, 2.75) is 32.7 Å². The Kier molecular flexibility index (Phi) is 5.57. The second kappa shape index (κ2) is 7.41. The molecule has 1 unspecified atom stereocenters. The van der Waals surface area contributed by atoms with Gasteiger partial charge in [-0.05, 0) is 61.7 Å². The van der Waals surface area contributed by atoms with Crippen molar-refractivity contribution in [1.82, 2.24) is 10.3 Å². The van der Waals surface area contributed by atoms with Gasteiger partial charge in [0.1, 0.15) is 0 Å². The van der Waals surface area contributed by atoms with Gasteiger partial charge in [0.25, 0.3) is 0 Å². The number of hydrogen-bond acceptors (Lipinski definition) is 2. The summed E-state index contributed by atoms with van der Waals surface area (Å²) in [4.78, 5) is 4.27. The van der Waals surface area contributed by atoms with E-state index in [-0.39, 0.29) is 0 Å². The van der Waals surface area contributed by atoms with Crippen molar-refractivity contribution in [2.24, 2.45) is 0 Å². The van der Waals surface area contributed by atoms with Crippen LogP contribution in [0.5, 0.6) is 0 Å². The molecule has 1 heterocycles. The molecule has 0 bridgehead atoms. The van der Waals surface area contributed by atoms with E-state index in [1.54, 1.807) is 0 Å². The van der Waals surface area contributed by atoms with Crippen molar-refractivity contribution in [3.05, 3.63) is 64.4 Å². The fraction of sp³-hybridized carbons (Fsp3) is 0.353. The van der Waals surface area contributed by atoms with Crippen LogP contribution in [0.1, 0.15) is 36.2 Å². The highest BCUT2D eigenvalue weighted by Crippen LogP contribution is 2.20. The summed E-state index contributed by atoms with van der Waals surface area (Å²) in [5.74, 6) is 0. The number of aryl methyl sites for hydroxylation is 1. The van der Waals surface area contributed by atoms with Crippen LogP contribution in [0, 0.1) is 6.92 Å². The van der Waals surface area contributed by atoms with Crippen molar-refractivity contribution in [1.29, 1.82) is 0 Å². The molecule has 0 aliphatic carbocycles. The Labute approximate surface area is 126 Å². The first kappa shape index (κ1) is 15.0. The predicted octanol–water partition coefficient (Wildman–Crippen LogP) is 4.33. The van der Waals surface area contributed by atoms with Crippen molar-refractivity contribution >= 4 is 11.6 Å². The number of nitrogens with zero attached hydrogens (tertiary/aromatic N) is 1. The minimum atomic E-state index is 0.301. The van der Waals surface area contributed by atoms with Gasteiger partial charge >= 0.3 is 0 Å². The van der Waals surface area contributed by atoms with Gasteiger partial charge in [-0.15, -0.1) is 0 Å². The summed E-state index contributed by atoms with van der Waals surface area (Å²) < 4.78 is 0. The van der Waals surface area contributed by atoms with Gasteiger partial charge in [-0.3, -0.25) is 4.98 Å². The van der Waals surface area contributed by atoms with E-state index < -0.39 is 0 Å². The normalized spacial score (nSPS) is 12.3. The number of aromatic nitrogens is 1. The van der Waals surface area contributed by atoms with Crippen molar-refractivity contribution in [3.8, 4) is 0 Å². The minimum absolute atomic E-state index is 0.301. The van der Waals surface area contributed by atoms with E-state index in [4.69, 9.17) is 11.6 Å². The Bertz CT molecular complexity index is 554. The van der Waals surface area contributed by atoms with E-state index in [9.17, 15) is 0 Å².